The molecule has 0 saturated heterocycles. The Morgan fingerprint density at radius 2 is 1.88 bits per heavy atom. The number of anilines is 1. The van der Waals surface area contributed by atoms with Gasteiger partial charge >= 0.3 is 0 Å². The van der Waals surface area contributed by atoms with Crippen LogP contribution in [-0.2, 0) is 6.61 Å². The molecule has 2 heterocycles. The molecule has 3 aromatic rings. The maximum absolute atomic E-state index is 12.6. The molecule has 0 fully saturated rings. The third kappa shape index (κ3) is 3.74. The van der Waals surface area contributed by atoms with Gasteiger partial charge in [0.2, 0.25) is 0 Å². The minimum absolute atomic E-state index is 0.199. The van der Waals surface area contributed by atoms with Crippen LogP contribution in [-0.4, -0.2) is 16.0 Å². The third-order valence-corrected chi connectivity index (χ3v) is 4.13. The lowest BCUT2D eigenvalue weighted by molar-refractivity contribution is 0.101. The van der Waals surface area contributed by atoms with E-state index in [1.165, 1.54) is 0 Å². The Labute approximate surface area is 152 Å². The van der Waals surface area contributed by atoms with Gasteiger partial charge in [-0.3, -0.25) is 4.79 Å². The van der Waals surface area contributed by atoms with Crippen LogP contribution < -0.4 is 10.1 Å². The minimum atomic E-state index is -0.375. The first-order valence-electron chi connectivity index (χ1n) is 8.34. The van der Waals surface area contributed by atoms with Crippen molar-refractivity contribution in [2.45, 2.75) is 34.3 Å². The van der Waals surface area contributed by atoms with Crippen molar-refractivity contribution in [1.82, 2.24) is 10.1 Å². The Bertz CT molecular complexity index is 927. The number of hydrogen-bond donors (Lipinski definition) is 1. The lowest BCUT2D eigenvalue weighted by Crippen LogP contribution is -2.16. The van der Waals surface area contributed by atoms with Gasteiger partial charge in [-0.2, -0.15) is 0 Å². The van der Waals surface area contributed by atoms with Gasteiger partial charge in [-0.05, 0) is 56.5 Å². The molecule has 0 aliphatic rings. The molecule has 1 N–H and O–H groups in total. The molecule has 1 aromatic carbocycles. The Balaban J connectivity index is 1.79. The van der Waals surface area contributed by atoms with Crippen LogP contribution in [0.25, 0.3) is 0 Å². The first-order valence-corrected chi connectivity index (χ1v) is 8.34. The highest BCUT2D eigenvalue weighted by Crippen LogP contribution is 2.25. The second-order valence-electron chi connectivity index (χ2n) is 6.25. The van der Waals surface area contributed by atoms with Gasteiger partial charge in [-0.15, -0.1) is 0 Å². The van der Waals surface area contributed by atoms with Crippen LogP contribution >= 0.6 is 0 Å². The van der Waals surface area contributed by atoms with E-state index in [1.54, 1.807) is 19.2 Å². The molecule has 6 nitrogen and oxygen atoms in total. The lowest BCUT2D eigenvalue weighted by Gasteiger charge is -2.12. The summed E-state index contributed by atoms with van der Waals surface area (Å²) in [4.78, 5) is 16.7. The summed E-state index contributed by atoms with van der Waals surface area (Å²) in [5.74, 6) is 1.45. The number of nitrogens with zero attached hydrogens (tertiary/aromatic N) is 2. The Kier molecular flexibility index (Phi) is 5.02. The Hall–Kier alpha value is -3.15. The molecule has 0 unspecified atom stereocenters. The Morgan fingerprint density at radius 1 is 1.15 bits per heavy atom. The quantitative estimate of drug-likeness (QED) is 0.748. The fourth-order valence-corrected chi connectivity index (χ4v) is 2.69. The molecule has 1 amide bonds. The smallest absolute Gasteiger partial charge is 0.279 e. The monoisotopic (exact) mass is 351 g/mol. The van der Waals surface area contributed by atoms with Gasteiger partial charge in [0.25, 0.3) is 5.91 Å². The summed E-state index contributed by atoms with van der Waals surface area (Å²) in [6.07, 6.45) is 1.64. The third-order valence-electron chi connectivity index (χ3n) is 4.13. The van der Waals surface area contributed by atoms with E-state index in [9.17, 15) is 4.79 Å². The van der Waals surface area contributed by atoms with Crippen LogP contribution in [0.15, 0.2) is 41.1 Å². The number of ether oxygens (including phenoxy) is 1. The van der Waals surface area contributed by atoms with Crippen molar-refractivity contribution in [1.29, 1.82) is 0 Å². The fraction of sp³-hybridized carbons (Fsp3) is 0.250. The van der Waals surface area contributed by atoms with Gasteiger partial charge in [0, 0.05) is 6.20 Å². The van der Waals surface area contributed by atoms with E-state index in [0.717, 1.165) is 22.4 Å². The first-order chi connectivity index (χ1) is 12.5. The first kappa shape index (κ1) is 17.7. The summed E-state index contributed by atoms with van der Waals surface area (Å²) >= 11 is 0. The maximum atomic E-state index is 12.6. The van der Waals surface area contributed by atoms with E-state index in [0.29, 0.717) is 17.1 Å². The van der Waals surface area contributed by atoms with E-state index in [2.05, 4.69) is 15.5 Å². The van der Waals surface area contributed by atoms with Gasteiger partial charge in [0.1, 0.15) is 23.9 Å². The number of aryl methyl sites for hydroxylation is 4. The molecule has 2 aromatic heterocycles. The van der Waals surface area contributed by atoms with E-state index in [-0.39, 0.29) is 18.2 Å². The van der Waals surface area contributed by atoms with Crippen LogP contribution in [0, 0.1) is 27.7 Å². The number of carbonyl (C=O) groups excluding carboxylic acids is 1. The number of aromatic nitrogens is 2. The number of benzene rings is 1. The number of hydrogen-bond acceptors (Lipinski definition) is 5. The highest BCUT2D eigenvalue weighted by Gasteiger charge is 2.21. The summed E-state index contributed by atoms with van der Waals surface area (Å²) in [5.41, 5.74) is 3.91. The minimum Gasteiger partial charge on any atom is -0.488 e. The lowest BCUT2D eigenvalue weighted by atomic mass is 10.1. The molecule has 26 heavy (non-hydrogen) atoms. The number of rotatable bonds is 5. The van der Waals surface area contributed by atoms with Crippen molar-refractivity contribution in [3.05, 3.63) is 70.2 Å². The number of carbonyl (C=O) groups is 1. The van der Waals surface area contributed by atoms with E-state index >= 15 is 0 Å². The van der Waals surface area contributed by atoms with Crippen molar-refractivity contribution in [3.63, 3.8) is 0 Å². The fourth-order valence-electron chi connectivity index (χ4n) is 2.69. The predicted molar refractivity (Wildman–Crippen MR) is 98.4 cm³/mol. The molecule has 0 aliphatic heterocycles. The van der Waals surface area contributed by atoms with Crippen molar-refractivity contribution >= 4 is 11.7 Å². The predicted octanol–water partition coefficient (Wildman–Crippen LogP) is 4.13. The molecular formula is C20H21N3O3. The second-order valence-corrected chi connectivity index (χ2v) is 6.25. The van der Waals surface area contributed by atoms with Crippen LogP contribution in [0.2, 0.25) is 0 Å². The standard InChI is InChI=1S/C20H21N3O3/c1-12-8-9-21-17(10-12)22-20(24)18-16(15(4)26-23-18)11-25-19-13(2)6-5-7-14(19)3/h5-10H,11H2,1-4H3,(H,21,22,24). The topological polar surface area (TPSA) is 77.3 Å². The van der Waals surface area contributed by atoms with Gasteiger partial charge in [-0.1, -0.05) is 23.4 Å². The molecule has 0 saturated carbocycles. The van der Waals surface area contributed by atoms with Crippen LogP contribution in [0.4, 0.5) is 5.82 Å². The molecule has 0 radical (unpaired) electrons. The molecule has 0 atom stereocenters. The number of para-hydroxylation sites is 1. The summed E-state index contributed by atoms with van der Waals surface area (Å²) < 4.78 is 11.2. The maximum Gasteiger partial charge on any atom is 0.279 e. The summed E-state index contributed by atoms with van der Waals surface area (Å²) in [6, 6.07) is 9.60. The van der Waals surface area contributed by atoms with Gasteiger partial charge in [0.15, 0.2) is 5.69 Å². The van der Waals surface area contributed by atoms with Gasteiger partial charge in [-0.25, -0.2) is 4.98 Å². The van der Waals surface area contributed by atoms with Crippen molar-refractivity contribution in [2.24, 2.45) is 0 Å². The largest absolute Gasteiger partial charge is 0.488 e. The van der Waals surface area contributed by atoms with Gasteiger partial charge in [0.05, 0.1) is 5.56 Å². The molecule has 3 rings (SSSR count). The number of nitrogens with one attached hydrogen (secondary N) is 1. The highest BCUT2D eigenvalue weighted by atomic mass is 16.5. The zero-order valence-electron chi connectivity index (χ0n) is 15.3. The summed E-state index contributed by atoms with van der Waals surface area (Å²) in [5, 5.41) is 6.64. The zero-order valence-corrected chi connectivity index (χ0v) is 15.3. The zero-order chi connectivity index (χ0) is 18.7. The van der Waals surface area contributed by atoms with Crippen LogP contribution in [0.5, 0.6) is 5.75 Å². The molecular weight excluding hydrogens is 330 g/mol. The molecule has 0 spiro atoms. The van der Waals surface area contributed by atoms with Crippen molar-refractivity contribution < 1.29 is 14.1 Å². The SMILES string of the molecule is Cc1ccnc(NC(=O)c2noc(C)c2COc2c(C)cccc2C)c1. The van der Waals surface area contributed by atoms with Gasteiger partial charge < -0.3 is 14.6 Å². The average Bonchev–Trinajstić information content (AvgIpc) is 2.95. The molecule has 0 bridgehead atoms. The molecule has 0 aliphatic carbocycles. The number of pyridine rings is 1. The van der Waals surface area contributed by atoms with Crippen LogP contribution in [0.1, 0.15) is 38.5 Å². The summed E-state index contributed by atoms with van der Waals surface area (Å²) in [6.45, 7) is 7.87. The van der Waals surface area contributed by atoms with E-state index < -0.39 is 0 Å². The Morgan fingerprint density at radius 3 is 2.58 bits per heavy atom. The van der Waals surface area contributed by atoms with E-state index in [4.69, 9.17) is 9.26 Å². The normalized spacial score (nSPS) is 10.6. The highest BCUT2D eigenvalue weighted by molar-refractivity contribution is 6.03. The van der Waals surface area contributed by atoms with Crippen LogP contribution in [0.3, 0.4) is 0 Å². The number of amides is 1. The van der Waals surface area contributed by atoms with Crippen molar-refractivity contribution in [2.75, 3.05) is 5.32 Å². The molecule has 6 heteroatoms. The second kappa shape index (κ2) is 7.39. The average molecular weight is 351 g/mol. The van der Waals surface area contributed by atoms with E-state index in [1.807, 2.05) is 45.0 Å². The molecule has 134 valence electrons. The summed E-state index contributed by atoms with van der Waals surface area (Å²) in [7, 11) is 0. The van der Waals surface area contributed by atoms with Crippen molar-refractivity contribution in [3.8, 4) is 5.75 Å².